The van der Waals surface area contributed by atoms with Gasteiger partial charge in [0.25, 0.3) is 0 Å². The number of hydrogen-bond acceptors (Lipinski definition) is 4. The lowest BCUT2D eigenvalue weighted by Crippen LogP contribution is -2.22. The molecule has 1 aromatic rings. The predicted molar refractivity (Wildman–Crippen MR) is 67.7 cm³/mol. The fourth-order valence-electron chi connectivity index (χ4n) is 1.43. The third kappa shape index (κ3) is 3.80. The molecule has 0 saturated carbocycles. The minimum absolute atomic E-state index is 0.942. The van der Waals surface area contributed by atoms with Crippen LogP contribution in [0.5, 0.6) is 0 Å². The van der Waals surface area contributed by atoms with Crippen molar-refractivity contribution >= 4 is 16.5 Å². The summed E-state index contributed by atoms with van der Waals surface area (Å²) in [5, 5.41) is 4.48. The number of rotatable bonds is 7. The van der Waals surface area contributed by atoms with Gasteiger partial charge in [0.1, 0.15) is 0 Å². The summed E-state index contributed by atoms with van der Waals surface area (Å²) in [5.74, 6) is 0. The lowest BCUT2D eigenvalue weighted by Gasteiger charge is -2.18. The van der Waals surface area contributed by atoms with Gasteiger partial charge in [0, 0.05) is 30.7 Å². The Hall–Kier alpha value is -0.610. The van der Waals surface area contributed by atoms with E-state index in [9.17, 15) is 0 Å². The third-order valence-electron chi connectivity index (χ3n) is 2.24. The van der Waals surface area contributed by atoms with Crippen molar-refractivity contribution in [1.29, 1.82) is 0 Å². The Kier molecular flexibility index (Phi) is 5.65. The molecule has 1 rings (SSSR count). The van der Waals surface area contributed by atoms with E-state index < -0.39 is 0 Å². The van der Waals surface area contributed by atoms with Crippen LogP contribution in [-0.4, -0.2) is 24.6 Å². The highest BCUT2D eigenvalue weighted by atomic mass is 32.1. The Balaban J connectivity index is 2.56. The van der Waals surface area contributed by atoms with E-state index >= 15 is 0 Å². The van der Waals surface area contributed by atoms with Crippen LogP contribution in [0, 0.1) is 0 Å². The first-order chi connectivity index (χ1) is 7.31. The van der Waals surface area contributed by atoms with Crippen molar-refractivity contribution in [3.05, 3.63) is 11.1 Å². The lowest BCUT2D eigenvalue weighted by molar-refractivity contribution is 0.734. The van der Waals surface area contributed by atoms with Crippen LogP contribution in [0.25, 0.3) is 0 Å². The summed E-state index contributed by atoms with van der Waals surface area (Å²) in [5.41, 5.74) is 0. The smallest absolute Gasteiger partial charge is 0.185 e. The van der Waals surface area contributed by atoms with Crippen molar-refractivity contribution in [1.82, 2.24) is 10.3 Å². The van der Waals surface area contributed by atoms with E-state index in [1.54, 1.807) is 11.3 Å². The van der Waals surface area contributed by atoms with Crippen LogP contribution >= 0.6 is 11.3 Å². The molecule has 0 radical (unpaired) electrons. The van der Waals surface area contributed by atoms with Crippen LogP contribution < -0.4 is 10.2 Å². The van der Waals surface area contributed by atoms with Crippen molar-refractivity contribution < 1.29 is 0 Å². The molecule has 3 nitrogen and oxygen atoms in total. The largest absolute Gasteiger partial charge is 0.348 e. The van der Waals surface area contributed by atoms with Gasteiger partial charge >= 0.3 is 0 Å². The van der Waals surface area contributed by atoms with E-state index in [1.165, 1.54) is 11.3 Å². The van der Waals surface area contributed by atoms with Gasteiger partial charge in [-0.25, -0.2) is 4.98 Å². The zero-order valence-corrected chi connectivity index (χ0v) is 10.7. The molecule has 1 heterocycles. The van der Waals surface area contributed by atoms with Crippen molar-refractivity contribution in [2.75, 3.05) is 24.5 Å². The molecular weight excluding hydrogens is 206 g/mol. The van der Waals surface area contributed by atoms with Gasteiger partial charge in [-0.2, -0.15) is 0 Å². The number of hydrogen-bond donors (Lipinski definition) is 1. The number of nitrogens with zero attached hydrogens (tertiary/aromatic N) is 2. The minimum atomic E-state index is 0.942. The van der Waals surface area contributed by atoms with Gasteiger partial charge in [0.05, 0.1) is 0 Å². The summed E-state index contributed by atoms with van der Waals surface area (Å²) in [6.45, 7) is 10.6. The molecule has 0 aliphatic heterocycles. The third-order valence-corrected chi connectivity index (χ3v) is 3.29. The van der Waals surface area contributed by atoms with Crippen LogP contribution in [0.2, 0.25) is 0 Å². The van der Waals surface area contributed by atoms with Crippen molar-refractivity contribution in [3.63, 3.8) is 0 Å². The lowest BCUT2D eigenvalue weighted by atomic mass is 10.4. The number of nitrogens with one attached hydrogen (secondary N) is 1. The highest BCUT2D eigenvalue weighted by Gasteiger charge is 2.07. The Morgan fingerprint density at radius 1 is 1.40 bits per heavy atom. The normalized spacial score (nSPS) is 10.6. The molecule has 86 valence electrons. The molecular formula is C11H21N3S. The van der Waals surface area contributed by atoms with E-state index in [4.69, 9.17) is 0 Å². The first-order valence-corrected chi connectivity index (χ1v) is 6.53. The van der Waals surface area contributed by atoms with Gasteiger partial charge in [0.15, 0.2) is 5.13 Å². The van der Waals surface area contributed by atoms with Crippen LogP contribution in [0.1, 0.15) is 32.1 Å². The topological polar surface area (TPSA) is 28.2 Å². The fraction of sp³-hybridized carbons (Fsp3) is 0.727. The Labute approximate surface area is 96.5 Å². The minimum Gasteiger partial charge on any atom is -0.348 e. The monoisotopic (exact) mass is 227 g/mol. The second-order valence-corrected chi connectivity index (χ2v) is 4.56. The summed E-state index contributed by atoms with van der Waals surface area (Å²) in [6.07, 6.45) is 3.16. The molecule has 0 aliphatic rings. The van der Waals surface area contributed by atoms with E-state index in [1.807, 2.05) is 6.20 Å². The van der Waals surface area contributed by atoms with Gasteiger partial charge in [-0.15, -0.1) is 11.3 Å². The first-order valence-electron chi connectivity index (χ1n) is 5.72. The Morgan fingerprint density at radius 3 is 2.80 bits per heavy atom. The number of anilines is 1. The van der Waals surface area contributed by atoms with Gasteiger partial charge in [-0.3, -0.25) is 0 Å². The highest BCUT2D eigenvalue weighted by Crippen LogP contribution is 2.22. The first kappa shape index (κ1) is 12.5. The second-order valence-electron chi connectivity index (χ2n) is 3.47. The van der Waals surface area contributed by atoms with Gasteiger partial charge in [0.2, 0.25) is 0 Å². The molecule has 0 spiro atoms. The average molecular weight is 227 g/mol. The highest BCUT2D eigenvalue weighted by molar-refractivity contribution is 7.15. The van der Waals surface area contributed by atoms with E-state index in [0.29, 0.717) is 0 Å². The van der Waals surface area contributed by atoms with Crippen LogP contribution in [0.4, 0.5) is 5.13 Å². The SMILES string of the molecule is CCCN(CC)c1ncc(CNCC)s1. The maximum Gasteiger partial charge on any atom is 0.185 e. The quantitative estimate of drug-likeness (QED) is 0.775. The zero-order chi connectivity index (χ0) is 11.1. The van der Waals surface area contributed by atoms with Crippen molar-refractivity contribution in [2.45, 2.75) is 33.7 Å². The van der Waals surface area contributed by atoms with Crippen molar-refractivity contribution in [3.8, 4) is 0 Å². The van der Waals surface area contributed by atoms with Crippen LogP contribution in [0.15, 0.2) is 6.20 Å². The molecule has 0 aromatic carbocycles. The number of aromatic nitrogens is 1. The molecule has 0 atom stereocenters. The van der Waals surface area contributed by atoms with Gasteiger partial charge < -0.3 is 10.2 Å². The Bertz CT molecular complexity index is 273. The second kappa shape index (κ2) is 6.80. The molecule has 0 fully saturated rings. The van der Waals surface area contributed by atoms with E-state index in [-0.39, 0.29) is 0 Å². The van der Waals surface area contributed by atoms with Crippen LogP contribution in [0.3, 0.4) is 0 Å². The maximum atomic E-state index is 4.46. The van der Waals surface area contributed by atoms with Gasteiger partial charge in [-0.05, 0) is 19.9 Å². The molecule has 4 heteroatoms. The summed E-state index contributed by atoms with van der Waals surface area (Å²) in [6, 6.07) is 0. The summed E-state index contributed by atoms with van der Waals surface area (Å²) < 4.78 is 0. The summed E-state index contributed by atoms with van der Waals surface area (Å²) in [4.78, 5) is 8.12. The average Bonchev–Trinajstić information content (AvgIpc) is 2.71. The van der Waals surface area contributed by atoms with E-state index in [0.717, 1.165) is 31.3 Å². The van der Waals surface area contributed by atoms with E-state index in [2.05, 4.69) is 36.0 Å². The Morgan fingerprint density at radius 2 is 2.20 bits per heavy atom. The molecule has 15 heavy (non-hydrogen) atoms. The number of thiazole rings is 1. The van der Waals surface area contributed by atoms with Crippen molar-refractivity contribution in [2.24, 2.45) is 0 Å². The molecule has 0 unspecified atom stereocenters. The maximum absolute atomic E-state index is 4.46. The predicted octanol–water partition coefficient (Wildman–Crippen LogP) is 2.49. The summed E-state index contributed by atoms with van der Waals surface area (Å²) in [7, 11) is 0. The van der Waals surface area contributed by atoms with Crippen LogP contribution in [-0.2, 0) is 6.54 Å². The summed E-state index contributed by atoms with van der Waals surface area (Å²) >= 11 is 1.80. The molecule has 0 saturated heterocycles. The zero-order valence-electron chi connectivity index (χ0n) is 9.92. The standard InChI is InChI=1S/C11H21N3S/c1-4-7-14(6-3)11-13-9-10(15-11)8-12-5-2/h9,12H,4-8H2,1-3H3. The van der Waals surface area contributed by atoms with Gasteiger partial charge in [-0.1, -0.05) is 13.8 Å². The molecule has 1 N–H and O–H groups in total. The molecule has 0 aliphatic carbocycles. The fourth-order valence-corrected chi connectivity index (χ4v) is 2.40. The molecule has 0 amide bonds. The molecule has 0 bridgehead atoms. The molecule has 1 aromatic heterocycles.